The Hall–Kier alpha value is -2.24. The van der Waals surface area contributed by atoms with Crippen LogP contribution in [0, 0.1) is 10.1 Å². The maximum absolute atomic E-state index is 12.6. The van der Waals surface area contributed by atoms with E-state index >= 15 is 0 Å². The molecule has 0 atom stereocenters. The molecule has 22 heavy (non-hydrogen) atoms. The number of amides is 2. The van der Waals surface area contributed by atoms with Gasteiger partial charge in [0.15, 0.2) is 0 Å². The topological polar surface area (TPSA) is 80.5 Å². The van der Waals surface area contributed by atoms with Crippen molar-refractivity contribution in [1.29, 1.82) is 0 Å². The maximum Gasteiger partial charge on any atom is 0.282 e. The van der Waals surface area contributed by atoms with Gasteiger partial charge >= 0.3 is 0 Å². The average molecular weight is 302 g/mol. The number of benzene rings is 1. The van der Waals surface area contributed by atoms with E-state index in [2.05, 4.69) is 0 Å². The highest BCUT2D eigenvalue weighted by atomic mass is 16.6. The van der Waals surface area contributed by atoms with Crippen LogP contribution in [-0.4, -0.2) is 27.7 Å². The fourth-order valence-corrected chi connectivity index (χ4v) is 3.46. The van der Waals surface area contributed by atoms with Crippen molar-refractivity contribution in [3.05, 3.63) is 39.4 Å². The van der Waals surface area contributed by atoms with Crippen molar-refractivity contribution in [2.24, 2.45) is 0 Å². The predicted octanol–water partition coefficient (Wildman–Crippen LogP) is 3.30. The fraction of sp³-hybridized carbons (Fsp3) is 0.500. The third-order valence-corrected chi connectivity index (χ3v) is 4.56. The van der Waals surface area contributed by atoms with Crippen LogP contribution in [0.1, 0.15) is 65.7 Å². The molecule has 1 aliphatic heterocycles. The Kier molecular flexibility index (Phi) is 3.92. The molecule has 1 aromatic rings. The first-order valence-corrected chi connectivity index (χ1v) is 7.76. The van der Waals surface area contributed by atoms with Crippen molar-refractivity contribution in [2.45, 2.75) is 51.0 Å². The molecule has 2 amide bonds. The summed E-state index contributed by atoms with van der Waals surface area (Å²) in [6.07, 6.45) is 6.97. The minimum absolute atomic E-state index is 0.0421. The molecule has 0 unspecified atom stereocenters. The lowest BCUT2D eigenvalue weighted by Crippen LogP contribution is -2.40. The van der Waals surface area contributed by atoms with E-state index in [9.17, 15) is 19.7 Å². The van der Waals surface area contributed by atoms with Gasteiger partial charge in [0, 0.05) is 12.1 Å². The molecular formula is C16H18N2O4. The number of nitro groups is 1. The highest BCUT2D eigenvalue weighted by Gasteiger charge is 2.43. The first-order valence-electron chi connectivity index (χ1n) is 7.76. The van der Waals surface area contributed by atoms with E-state index in [1.807, 2.05) is 0 Å². The molecule has 1 fully saturated rings. The van der Waals surface area contributed by atoms with Gasteiger partial charge in [0.05, 0.1) is 10.5 Å². The van der Waals surface area contributed by atoms with E-state index in [4.69, 9.17) is 0 Å². The molecule has 116 valence electrons. The predicted molar refractivity (Wildman–Crippen MR) is 79.7 cm³/mol. The third-order valence-electron chi connectivity index (χ3n) is 4.56. The quantitative estimate of drug-likeness (QED) is 0.477. The molecule has 0 N–H and O–H groups in total. The van der Waals surface area contributed by atoms with E-state index in [0.29, 0.717) is 0 Å². The molecule has 2 aliphatic rings. The standard InChI is InChI=1S/C16H18N2O4/c19-15-12-9-6-10-13(18(21)22)14(12)16(20)17(15)11-7-4-2-1-3-5-8-11/h6,9-11H,1-5,7-8H2. The number of hydrogen-bond donors (Lipinski definition) is 0. The van der Waals surface area contributed by atoms with Gasteiger partial charge in [-0.3, -0.25) is 24.6 Å². The molecule has 0 spiro atoms. The molecule has 0 bridgehead atoms. The normalized spacial score (nSPS) is 19.7. The minimum atomic E-state index is -0.592. The van der Waals surface area contributed by atoms with Crippen LogP contribution in [0.5, 0.6) is 0 Å². The Morgan fingerprint density at radius 1 is 1.00 bits per heavy atom. The number of rotatable bonds is 2. The van der Waals surface area contributed by atoms with Crippen LogP contribution in [0.15, 0.2) is 18.2 Å². The summed E-state index contributed by atoms with van der Waals surface area (Å²) < 4.78 is 0. The zero-order valence-electron chi connectivity index (χ0n) is 12.3. The summed E-state index contributed by atoms with van der Waals surface area (Å²) in [5.74, 6) is -0.882. The summed E-state index contributed by atoms with van der Waals surface area (Å²) in [6.45, 7) is 0. The molecule has 0 saturated heterocycles. The largest absolute Gasteiger partial charge is 0.282 e. The van der Waals surface area contributed by atoms with Gasteiger partial charge in [0.1, 0.15) is 5.56 Å². The van der Waals surface area contributed by atoms with Crippen LogP contribution < -0.4 is 0 Å². The SMILES string of the molecule is O=C1c2cccc([N+](=O)[O-])c2C(=O)N1C1CCCCCCC1. The molecular weight excluding hydrogens is 284 g/mol. The number of carbonyl (C=O) groups excluding carboxylic acids is 2. The molecule has 1 saturated carbocycles. The van der Waals surface area contributed by atoms with Gasteiger partial charge < -0.3 is 0 Å². The Morgan fingerprint density at radius 2 is 1.64 bits per heavy atom. The first-order chi connectivity index (χ1) is 10.6. The van der Waals surface area contributed by atoms with Crippen LogP contribution >= 0.6 is 0 Å². The van der Waals surface area contributed by atoms with Crippen molar-refractivity contribution < 1.29 is 14.5 Å². The van der Waals surface area contributed by atoms with Gasteiger partial charge in [-0.05, 0) is 18.9 Å². The lowest BCUT2D eigenvalue weighted by molar-refractivity contribution is -0.385. The molecule has 1 heterocycles. The average Bonchev–Trinajstić information content (AvgIpc) is 2.72. The third kappa shape index (κ3) is 2.38. The van der Waals surface area contributed by atoms with E-state index in [0.717, 1.165) is 38.5 Å². The number of imide groups is 1. The molecule has 3 rings (SSSR count). The van der Waals surface area contributed by atoms with Gasteiger partial charge in [0.25, 0.3) is 17.5 Å². The van der Waals surface area contributed by atoms with Crippen molar-refractivity contribution in [1.82, 2.24) is 4.90 Å². The highest BCUT2D eigenvalue weighted by molar-refractivity contribution is 6.23. The molecule has 6 nitrogen and oxygen atoms in total. The second-order valence-corrected chi connectivity index (χ2v) is 5.94. The zero-order chi connectivity index (χ0) is 15.7. The van der Waals surface area contributed by atoms with Crippen molar-refractivity contribution in [2.75, 3.05) is 0 Å². The van der Waals surface area contributed by atoms with Gasteiger partial charge in [-0.1, -0.05) is 38.2 Å². The number of fused-ring (bicyclic) bond motifs is 1. The number of hydrogen-bond acceptors (Lipinski definition) is 4. The summed E-state index contributed by atoms with van der Waals surface area (Å²) in [6, 6.07) is 4.12. The second kappa shape index (κ2) is 5.87. The summed E-state index contributed by atoms with van der Waals surface area (Å²) in [5, 5.41) is 11.1. The van der Waals surface area contributed by atoms with Gasteiger partial charge in [-0.15, -0.1) is 0 Å². The van der Waals surface area contributed by atoms with Crippen molar-refractivity contribution >= 4 is 17.5 Å². The van der Waals surface area contributed by atoms with Crippen LogP contribution in [0.4, 0.5) is 5.69 Å². The van der Waals surface area contributed by atoms with Crippen molar-refractivity contribution in [3.8, 4) is 0 Å². The Labute approximate surface area is 128 Å². The second-order valence-electron chi connectivity index (χ2n) is 5.94. The Balaban J connectivity index is 1.95. The van der Waals surface area contributed by atoms with E-state index in [-0.39, 0.29) is 28.8 Å². The summed E-state index contributed by atoms with van der Waals surface area (Å²) in [5.41, 5.74) is -0.148. The summed E-state index contributed by atoms with van der Waals surface area (Å²) in [4.78, 5) is 37.0. The molecule has 0 aromatic heterocycles. The lowest BCUT2D eigenvalue weighted by Gasteiger charge is -2.27. The van der Waals surface area contributed by atoms with Crippen LogP contribution in [0.3, 0.4) is 0 Å². The van der Waals surface area contributed by atoms with Crippen LogP contribution in [-0.2, 0) is 0 Å². The van der Waals surface area contributed by atoms with Crippen LogP contribution in [0.25, 0.3) is 0 Å². The van der Waals surface area contributed by atoms with Crippen molar-refractivity contribution in [3.63, 3.8) is 0 Å². The number of carbonyl (C=O) groups is 2. The van der Waals surface area contributed by atoms with Gasteiger partial charge in [0.2, 0.25) is 0 Å². The van der Waals surface area contributed by atoms with E-state index in [1.54, 1.807) is 0 Å². The minimum Gasteiger partial charge on any atom is -0.271 e. The molecule has 6 heteroatoms. The summed E-state index contributed by atoms with van der Waals surface area (Å²) in [7, 11) is 0. The van der Waals surface area contributed by atoms with Gasteiger partial charge in [-0.2, -0.15) is 0 Å². The summed E-state index contributed by atoms with van der Waals surface area (Å²) >= 11 is 0. The number of nitro benzene ring substituents is 1. The van der Waals surface area contributed by atoms with Crippen LogP contribution in [0.2, 0.25) is 0 Å². The number of nitrogens with zero attached hydrogens (tertiary/aromatic N) is 2. The molecule has 1 aliphatic carbocycles. The molecule has 1 aromatic carbocycles. The maximum atomic E-state index is 12.6. The molecule has 0 radical (unpaired) electrons. The monoisotopic (exact) mass is 302 g/mol. The van der Waals surface area contributed by atoms with E-state index < -0.39 is 10.8 Å². The first kappa shape index (κ1) is 14.7. The Bertz CT molecular complexity index is 633. The zero-order valence-corrected chi connectivity index (χ0v) is 12.3. The van der Waals surface area contributed by atoms with Gasteiger partial charge in [-0.25, -0.2) is 0 Å². The van der Waals surface area contributed by atoms with E-state index in [1.165, 1.54) is 29.5 Å². The Morgan fingerprint density at radius 3 is 2.27 bits per heavy atom. The fourth-order valence-electron chi connectivity index (χ4n) is 3.46. The highest BCUT2D eigenvalue weighted by Crippen LogP contribution is 2.34. The smallest absolute Gasteiger partial charge is 0.271 e. The lowest BCUT2D eigenvalue weighted by atomic mass is 9.95.